The summed E-state index contributed by atoms with van der Waals surface area (Å²) in [6.45, 7) is 1.68. The highest BCUT2D eigenvalue weighted by Gasteiger charge is 2.60. The first-order chi connectivity index (χ1) is 10.2. The van der Waals surface area contributed by atoms with Crippen molar-refractivity contribution < 1.29 is 23.1 Å². The number of pyridine rings is 1. The number of carbonyl (C=O) groups is 1. The van der Waals surface area contributed by atoms with Gasteiger partial charge >= 0.3 is 6.18 Å². The molecule has 1 aromatic heterocycles. The van der Waals surface area contributed by atoms with E-state index in [0.717, 1.165) is 12.5 Å². The number of hydrogen-bond donors (Lipinski definition) is 2. The fourth-order valence-corrected chi connectivity index (χ4v) is 3.16. The average Bonchev–Trinajstić information content (AvgIpc) is 3.01. The molecule has 2 N–H and O–H groups in total. The van der Waals surface area contributed by atoms with E-state index in [1.807, 2.05) is 0 Å². The van der Waals surface area contributed by atoms with E-state index in [1.165, 1.54) is 6.07 Å². The molecule has 4 nitrogen and oxygen atoms in total. The van der Waals surface area contributed by atoms with Gasteiger partial charge in [-0.1, -0.05) is 6.07 Å². The fraction of sp³-hybridized carbons (Fsp3) is 0.600. The zero-order valence-corrected chi connectivity index (χ0v) is 12.1. The molecule has 7 heteroatoms. The predicted molar refractivity (Wildman–Crippen MR) is 72.2 cm³/mol. The number of aliphatic hydroxyl groups is 1. The Hall–Kier alpha value is -1.47. The van der Waals surface area contributed by atoms with Crippen LogP contribution in [0.3, 0.4) is 0 Å². The molecule has 1 aromatic rings. The molecule has 1 aliphatic carbocycles. The van der Waals surface area contributed by atoms with E-state index in [0.29, 0.717) is 12.0 Å². The van der Waals surface area contributed by atoms with E-state index in [9.17, 15) is 23.1 Å². The molecule has 3 atom stereocenters. The zero-order chi connectivity index (χ0) is 16.1. The van der Waals surface area contributed by atoms with Crippen LogP contribution in [0.4, 0.5) is 13.2 Å². The second-order valence-corrected chi connectivity index (χ2v) is 6.30. The molecule has 2 heterocycles. The number of aliphatic hydroxyl groups excluding tert-OH is 1. The lowest BCUT2D eigenvalue weighted by molar-refractivity contribution is -0.141. The van der Waals surface area contributed by atoms with Crippen molar-refractivity contribution in [2.75, 3.05) is 6.61 Å². The molecule has 0 spiro atoms. The molecule has 1 saturated heterocycles. The predicted octanol–water partition coefficient (Wildman–Crippen LogP) is 1.63. The van der Waals surface area contributed by atoms with Gasteiger partial charge < -0.3 is 10.4 Å². The van der Waals surface area contributed by atoms with Gasteiger partial charge in [0.2, 0.25) is 0 Å². The van der Waals surface area contributed by atoms with Crippen LogP contribution in [0.15, 0.2) is 12.1 Å². The van der Waals surface area contributed by atoms with Crippen LogP contribution in [0.25, 0.3) is 0 Å². The summed E-state index contributed by atoms with van der Waals surface area (Å²) in [5.74, 6) is -0.171. The molecule has 1 aliphatic heterocycles. The number of aryl methyl sites for hydroxylation is 1. The molecule has 0 amide bonds. The molecule has 120 valence electrons. The summed E-state index contributed by atoms with van der Waals surface area (Å²) >= 11 is 0. The van der Waals surface area contributed by atoms with Crippen LogP contribution >= 0.6 is 0 Å². The van der Waals surface area contributed by atoms with Crippen LogP contribution in [0.2, 0.25) is 0 Å². The Morgan fingerprint density at radius 1 is 1.45 bits per heavy atom. The highest BCUT2D eigenvalue weighted by Crippen LogP contribution is 2.54. The maximum Gasteiger partial charge on any atom is 0.433 e. The van der Waals surface area contributed by atoms with Crippen molar-refractivity contribution >= 4 is 5.78 Å². The number of ketones is 1. The van der Waals surface area contributed by atoms with E-state index >= 15 is 0 Å². The summed E-state index contributed by atoms with van der Waals surface area (Å²) in [7, 11) is 0. The summed E-state index contributed by atoms with van der Waals surface area (Å²) in [5, 5.41) is 12.5. The van der Waals surface area contributed by atoms with E-state index in [4.69, 9.17) is 0 Å². The number of carbonyl (C=O) groups excluding carboxylic acids is 1. The van der Waals surface area contributed by atoms with Gasteiger partial charge in [0.05, 0.1) is 24.8 Å². The number of rotatable bonds is 4. The van der Waals surface area contributed by atoms with Gasteiger partial charge in [-0.15, -0.1) is 0 Å². The molecule has 1 saturated carbocycles. The van der Waals surface area contributed by atoms with Crippen LogP contribution < -0.4 is 5.32 Å². The number of aromatic nitrogens is 1. The lowest BCUT2D eigenvalue weighted by atomic mass is 9.96. The molecule has 0 unspecified atom stereocenters. The number of halogens is 3. The number of hydrogen-bond acceptors (Lipinski definition) is 4. The zero-order valence-electron chi connectivity index (χ0n) is 12.1. The van der Waals surface area contributed by atoms with Gasteiger partial charge in [-0.3, -0.25) is 4.79 Å². The molecule has 2 aliphatic rings. The van der Waals surface area contributed by atoms with Crippen LogP contribution in [0.5, 0.6) is 0 Å². The Kier molecular flexibility index (Phi) is 3.52. The van der Waals surface area contributed by atoms with Gasteiger partial charge in [0, 0.05) is 11.5 Å². The van der Waals surface area contributed by atoms with E-state index < -0.39 is 17.9 Å². The number of alkyl halides is 3. The first kappa shape index (κ1) is 15.4. The molecule has 0 bridgehead atoms. The number of nitrogens with zero attached hydrogens (tertiary/aromatic N) is 1. The summed E-state index contributed by atoms with van der Waals surface area (Å²) < 4.78 is 38.1. The molecule has 0 aromatic carbocycles. The monoisotopic (exact) mass is 314 g/mol. The van der Waals surface area contributed by atoms with Crippen LogP contribution in [0.1, 0.15) is 29.8 Å². The van der Waals surface area contributed by atoms with Gasteiger partial charge in [0.1, 0.15) is 5.69 Å². The number of piperidine rings is 1. The second kappa shape index (κ2) is 5.03. The molecule has 3 rings (SSSR count). The Bertz CT molecular complexity index is 613. The number of Topliss-reactive ketones (excluding diaryl/α,β-unsaturated/α-hetero) is 1. The number of nitrogens with one attached hydrogen (secondary N) is 1. The number of fused-ring (bicyclic) bond motifs is 1. The van der Waals surface area contributed by atoms with Crippen LogP contribution in [0, 0.1) is 12.3 Å². The minimum absolute atomic E-state index is 0.0370. The SMILES string of the molecule is Cc1ccc(C(F)(F)F)nc1CC(=O)[C@@H]1C[C@@]2(CO)C[C@H]2N1. The third-order valence-electron chi connectivity index (χ3n) is 4.74. The first-order valence-electron chi connectivity index (χ1n) is 7.18. The van der Waals surface area contributed by atoms with Gasteiger partial charge in [0.25, 0.3) is 0 Å². The highest BCUT2D eigenvalue weighted by atomic mass is 19.4. The molecule has 22 heavy (non-hydrogen) atoms. The van der Waals surface area contributed by atoms with Gasteiger partial charge in [-0.05, 0) is 31.4 Å². The lowest BCUT2D eigenvalue weighted by Gasteiger charge is -2.15. The van der Waals surface area contributed by atoms with Crippen LogP contribution in [-0.2, 0) is 17.4 Å². The topological polar surface area (TPSA) is 62.2 Å². The fourth-order valence-electron chi connectivity index (χ4n) is 3.16. The third-order valence-corrected chi connectivity index (χ3v) is 4.74. The average molecular weight is 314 g/mol. The van der Waals surface area contributed by atoms with E-state index in [-0.39, 0.29) is 36.0 Å². The standard InChI is InChI=1S/C15H17F3N2O2/c1-8-2-3-12(15(16,17)18)19-9(8)4-11(22)10-5-14(7-21)6-13(14)20-10/h2-3,10,13,20-21H,4-7H2,1H3/t10-,13+,14-/m0/s1. The summed E-state index contributed by atoms with van der Waals surface area (Å²) in [6, 6.07) is 2.02. The molecular formula is C15H17F3N2O2. The normalized spacial score (nSPS) is 30.2. The maximum absolute atomic E-state index is 12.7. The molecular weight excluding hydrogens is 297 g/mol. The summed E-state index contributed by atoms with van der Waals surface area (Å²) in [5.41, 5.74) is -0.437. The lowest BCUT2D eigenvalue weighted by Crippen LogP contribution is -2.35. The summed E-state index contributed by atoms with van der Waals surface area (Å²) in [4.78, 5) is 15.9. The van der Waals surface area contributed by atoms with Crippen molar-refractivity contribution in [3.05, 3.63) is 29.1 Å². The van der Waals surface area contributed by atoms with Gasteiger partial charge in [-0.2, -0.15) is 13.2 Å². The van der Waals surface area contributed by atoms with Crippen molar-refractivity contribution in [2.24, 2.45) is 5.41 Å². The van der Waals surface area contributed by atoms with Crippen molar-refractivity contribution in [3.8, 4) is 0 Å². The Morgan fingerprint density at radius 2 is 2.18 bits per heavy atom. The Labute approximate surface area is 125 Å². The maximum atomic E-state index is 12.7. The second-order valence-electron chi connectivity index (χ2n) is 6.30. The minimum Gasteiger partial charge on any atom is -0.396 e. The largest absolute Gasteiger partial charge is 0.433 e. The highest BCUT2D eigenvalue weighted by molar-refractivity contribution is 5.86. The van der Waals surface area contributed by atoms with E-state index in [2.05, 4.69) is 10.3 Å². The Morgan fingerprint density at radius 3 is 2.77 bits per heavy atom. The van der Waals surface area contributed by atoms with Gasteiger partial charge in [-0.25, -0.2) is 4.98 Å². The minimum atomic E-state index is -4.51. The summed E-state index contributed by atoms with van der Waals surface area (Å²) in [6.07, 6.45) is -3.24. The van der Waals surface area contributed by atoms with Gasteiger partial charge in [0.15, 0.2) is 5.78 Å². The first-order valence-corrected chi connectivity index (χ1v) is 7.18. The van der Waals surface area contributed by atoms with Crippen molar-refractivity contribution in [1.29, 1.82) is 0 Å². The van der Waals surface area contributed by atoms with Crippen molar-refractivity contribution in [2.45, 2.75) is 44.4 Å². The third kappa shape index (κ3) is 2.63. The van der Waals surface area contributed by atoms with Crippen molar-refractivity contribution in [3.63, 3.8) is 0 Å². The smallest absolute Gasteiger partial charge is 0.396 e. The Balaban J connectivity index is 1.72. The molecule has 0 radical (unpaired) electrons. The quantitative estimate of drug-likeness (QED) is 0.887. The van der Waals surface area contributed by atoms with E-state index in [1.54, 1.807) is 6.92 Å². The van der Waals surface area contributed by atoms with Crippen molar-refractivity contribution in [1.82, 2.24) is 10.3 Å². The molecule has 2 fully saturated rings. The van der Waals surface area contributed by atoms with Crippen LogP contribution in [-0.4, -0.2) is 34.6 Å².